The molecule has 2 aromatic carbocycles. The average molecular weight is 346 g/mol. The fourth-order valence-electron chi connectivity index (χ4n) is 3.02. The number of esters is 1. The molecule has 0 saturated carbocycles. The van der Waals surface area contributed by atoms with Gasteiger partial charge in [0.05, 0.1) is 0 Å². The third kappa shape index (κ3) is 3.88. The molecule has 0 N–H and O–H groups in total. The number of benzene rings is 2. The minimum Gasteiger partial charge on any atom is -0.425 e. The number of ether oxygens (including phenoxy) is 1. The van der Waals surface area contributed by atoms with Crippen LogP contribution in [0.15, 0.2) is 36.4 Å². The normalized spacial score (nSPS) is 15.9. The van der Waals surface area contributed by atoms with Crippen molar-refractivity contribution in [3.8, 4) is 5.75 Å². The monoisotopic (exact) mass is 345 g/mol. The lowest BCUT2D eigenvalue weighted by Gasteiger charge is -2.23. The minimum atomic E-state index is -0.420. The molecule has 0 radical (unpaired) electrons. The summed E-state index contributed by atoms with van der Waals surface area (Å²) in [6.45, 7) is 0.616. The van der Waals surface area contributed by atoms with Crippen LogP contribution in [-0.2, 0) is 9.59 Å². The van der Waals surface area contributed by atoms with Gasteiger partial charge in [-0.3, -0.25) is 4.79 Å². The molecule has 1 amide bonds. The average Bonchev–Trinajstić information content (AvgIpc) is 2.57. The van der Waals surface area contributed by atoms with Crippen LogP contribution in [0.2, 0.25) is 5.02 Å². The summed E-state index contributed by atoms with van der Waals surface area (Å²) in [4.78, 5) is 26.0. The quantitative estimate of drug-likeness (QED) is 0.619. The van der Waals surface area contributed by atoms with Gasteiger partial charge in [0.15, 0.2) is 0 Å². The highest BCUT2D eigenvalue weighted by Gasteiger charge is 2.20. The number of carbonyl (C=O) groups is 2. The third-order valence-corrected chi connectivity index (χ3v) is 4.63. The van der Waals surface area contributed by atoms with E-state index < -0.39 is 5.97 Å². The second-order valence-corrected chi connectivity index (χ2v) is 6.45. The Morgan fingerprint density at radius 1 is 1.04 bits per heavy atom. The Morgan fingerprint density at radius 2 is 1.79 bits per heavy atom. The second-order valence-electron chi connectivity index (χ2n) is 6.04. The zero-order valence-electron chi connectivity index (χ0n) is 13.5. The topological polar surface area (TPSA) is 46.6 Å². The first-order valence-electron chi connectivity index (χ1n) is 8.31. The first-order chi connectivity index (χ1) is 11.6. The van der Waals surface area contributed by atoms with Crippen LogP contribution in [0.4, 0.5) is 0 Å². The van der Waals surface area contributed by atoms with Crippen molar-refractivity contribution < 1.29 is 14.3 Å². The molecule has 0 aromatic heterocycles. The number of fused-ring (bicyclic) bond motifs is 1. The number of rotatable bonds is 3. The fourth-order valence-corrected chi connectivity index (χ4v) is 3.24. The van der Waals surface area contributed by atoms with Crippen LogP contribution in [0.1, 0.15) is 32.1 Å². The molecule has 1 aliphatic rings. The third-order valence-electron chi connectivity index (χ3n) is 4.30. The first-order valence-corrected chi connectivity index (χ1v) is 8.68. The Bertz CT molecular complexity index is 759. The van der Waals surface area contributed by atoms with Gasteiger partial charge in [-0.1, -0.05) is 48.7 Å². The Morgan fingerprint density at radius 3 is 2.62 bits per heavy atom. The SMILES string of the molecule is O=C(CN1CCCCCCC1=O)Oc1ccc(Cl)c2ccccc12. The van der Waals surface area contributed by atoms with Gasteiger partial charge in [0.1, 0.15) is 12.3 Å². The van der Waals surface area contributed by atoms with Gasteiger partial charge in [0, 0.05) is 28.8 Å². The van der Waals surface area contributed by atoms with E-state index in [1.807, 2.05) is 24.3 Å². The van der Waals surface area contributed by atoms with Crippen LogP contribution in [-0.4, -0.2) is 29.9 Å². The van der Waals surface area contributed by atoms with Gasteiger partial charge >= 0.3 is 5.97 Å². The molecular weight excluding hydrogens is 326 g/mol. The smallest absolute Gasteiger partial charge is 0.331 e. The number of halogens is 1. The van der Waals surface area contributed by atoms with Gasteiger partial charge in [0.2, 0.25) is 5.91 Å². The maximum atomic E-state index is 12.3. The van der Waals surface area contributed by atoms with Crippen LogP contribution < -0.4 is 4.74 Å². The van der Waals surface area contributed by atoms with Crippen molar-refractivity contribution in [3.63, 3.8) is 0 Å². The van der Waals surface area contributed by atoms with Gasteiger partial charge in [-0.15, -0.1) is 0 Å². The number of amides is 1. The Hall–Kier alpha value is -2.07. The van der Waals surface area contributed by atoms with E-state index in [0.717, 1.165) is 36.5 Å². The van der Waals surface area contributed by atoms with E-state index in [2.05, 4.69) is 0 Å². The molecule has 0 bridgehead atoms. The van der Waals surface area contributed by atoms with Gasteiger partial charge in [-0.2, -0.15) is 0 Å². The fraction of sp³-hybridized carbons (Fsp3) is 0.368. The van der Waals surface area contributed by atoms with E-state index >= 15 is 0 Å². The maximum absolute atomic E-state index is 12.3. The molecule has 0 aliphatic carbocycles. The van der Waals surface area contributed by atoms with Crippen LogP contribution >= 0.6 is 11.6 Å². The Balaban J connectivity index is 1.73. The molecule has 126 valence electrons. The summed E-state index contributed by atoms with van der Waals surface area (Å²) in [6.07, 6.45) is 4.52. The van der Waals surface area contributed by atoms with Gasteiger partial charge in [0.25, 0.3) is 0 Å². The number of hydrogen-bond acceptors (Lipinski definition) is 3. The first kappa shape index (κ1) is 16.8. The van der Waals surface area contributed by atoms with Crippen molar-refractivity contribution in [3.05, 3.63) is 41.4 Å². The lowest BCUT2D eigenvalue weighted by Crippen LogP contribution is -2.38. The van der Waals surface area contributed by atoms with E-state index in [0.29, 0.717) is 23.7 Å². The summed E-state index contributed by atoms with van der Waals surface area (Å²) < 4.78 is 5.51. The molecule has 24 heavy (non-hydrogen) atoms. The molecule has 1 aliphatic heterocycles. The van der Waals surface area contributed by atoms with E-state index in [4.69, 9.17) is 16.3 Å². The van der Waals surface area contributed by atoms with Crippen LogP contribution in [0, 0.1) is 0 Å². The van der Waals surface area contributed by atoms with E-state index in [-0.39, 0.29) is 12.5 Å². The molecule has 1 heterocycles. The Labute approximate surface area is 146 Å². The maximum Gasteiger partial charge on any atom is 0.331 e. The van der Waals surface area contributed by atoms with Gasteiger partial charge < -0.3 is 9.64 Å². The molecule has 0 spiro atoms. The van der Waals surface area contributed by atoms with Crippen molar-refractivity contribution in [1.82, 2.24) is 4.90 Å². The summed E-state index contributed by atoms with van der Waals surface area (Å²) in [5.41, 5.74) is 0. The van der Waals surface area contributed by atoms with Gasteiger partial charge in [-0.05, 0) is 25.0 Å². The molecule has 1 fully saturated rings. The molecule has 5 heteroatoms. The largest absolute Gasteiger partial charge is 0.425 e. The number of carbonyl (C=O) groups excluding carboxylic acids is 2. The number of nitrogens with zero attached hydrogens (tertiary/aromatic N) is 1. The van der Waals surface area contributed by atoms with E-state index in [1.54, 1.807) is 17.0 Å². The van der Waals surface area contributed by atoms with Crippen molar-refractivity contribution in [2.24, 2.45) is 0 Å². The predicted molar refractivity (Wildman–Crippen MR) is 94.3 cm³/mol. The molecule has 0 unspecified atom stereocenters. The Kier molecular flexibility index (Phi) is 5.36. The lowest BCUT2D eigenvalue weighted by atomic mass is 10.1. The molecule has 1 saturated heterocycles. The van der Waals surface area contributed by atoms with Crippen molar-refractivity contribution in [2.45, 2.75) is 32.1 Å². The van der Waals surface area contributed by atoms with Crippen LogP contribution in [0.25, 0.3) is 10.8 Å². The van der Waals surface area contributed by atoms with Crippen molar-refractivity contribution in [1.29, 1.82) is 0 Å². The molecule has 2 aromatic rings. The summed E-state index contributed by atoms with van der Waals surface area (Å²) in [6, 6.07) is 10.9. The highest BCUT2D eigenvalue weighted by atomic mass is 35.5. The summed E-state index contributed by atoms with van der Waals surface area (Å²) >= 11 is 6.18. The summed E-state index contributed by atoms with van der Waals surface area (Å²) in [5, 5.41) is 2.24. The highest BCUT2D eigenvalue weighted by Crippen LogP contribution is 2.31. The lowest BCUT2D eigenvalue weighted by molar-refractivity contribution is -0.142. The number of hydrogen-bond donors (Lipinski definition) is 0. The van der Waals surface area contributed by atoms with Crippen molar-refractivity contribution >= 4 is 34.2 Å². The van der Waals surface area contributed by atoms with Crippen molar-refractivity contribution in [2.75, 3.05) is 13.1 Å². The zero-order chi connectivity index (χ0) is 16.9. The van der Waals surface area contributed by atoms with Crippen LogP contribution in [0.5, 0.6) is 5.75 Å². The van der Waals surface area contributed by atoms with E-state index in [1.165, 1.54) is 0 Å². The molecule has 4 nitrogen and oxygen atoms in total. The highest BCUT2D eigenvalue weighted by molar-refractivity contribution is 6.35. The standard InChI is InChI=1S/C19H20ClNO3/c20-16-10-11-17(15-8-5-4-7-14(15)16)24-19(23)13-21-12-6-2-1-3-9-18(21)22/h4-5,7-8,10-11H,1-3,6,9,12-13H2. The zero-order valence-corrected chi connectivity index (χ0v) is 14.2. The second kappa shape index (κ2) is 7.67. The summed E-state index contributed by atoms with van der Waals surface area (Å²) in [5.74, 6) is 0.0866. The summed E-state index contributed by atoms with van der Waals surface area (Å²) in [7, 11) is 0. The minimum absolute atomic E-state index is 0.00418. The van der Waals surface area contributed by atoms with E-state index in [9.17, 15) is 9.59 Å². The molecular formula is C19H20ClNO3. The predicted octanol–water partition coefficient (Wildman–Crippen LogP) is 4.19. The number of likely N-dealkylation sites (tertiary alicyclic amines) is 1. The molecule has 0 atom stereocenters. The molecule has 3 rings (SSSR count). The van der Waals surface area contributed by atoms with Gasteiger partial charge in [-0.25, -0.2) is 4.79 Å². The van der Waals surface area contributed by atoms with Crippen LogP contribution in [0.3, 0.4) is 0 Å².